The SMILES string of the molecule is CC#CCOc1ccc(C[C@H](NC(=O)[C@@H](/C=C/CCCCCCC(=O)CCCCCCC)[C@@](O)(OC(C)(C)C)C(=O)OC(C)(C)C)C(=O)OC(C)(C)C)cc1. The number of esters is 2. The van der Waals surface area contributed by atoms with Crippen LogP contribution < -0.4 is 10.1 Å². The number of nitrogens with one attached hydrogen (secondary N) is 1. The number of aliphatic hydroxyl groups is 1. The molecule has 0 unspecified atom stereocenters. The largest absolute Gasteiger partial charge is 0.481 e. The fourth-order valence-electron chi connectivity index (χ4n) is 5.64. The number of carbonyl (C=O) groups excluding carboxylic acids is 4. The molecule has 0 fully saturated rings. The maximum absolute atomic E-state index is 14.3. The van der Waals surface area contributed by atoms with Crippen molar-refractivity contribution < 1.29 is 43.2 Å². The number of unbranched alkanes of at least 4 members (excludes halogenated alkanes) is 8. The lowest BCUT2D eigenvalue weighted by Crippen LogP contribution is -2.59. The Morgan fingerprint density at radius 2 is 1.35 bits per heavy atom. The van der Waals surface area contributed by atoms with Crippen molar-refractivity contribution in [3.8, 4) is 17.6 Å². The molecular weight excluding hydrogens is 698 g/mol. The molecule has 1 aromatic carbocycles. The van der Waals surface area contributed by atoms with E-state index >= 15 is 0 Å². The van der Waals surface area contributed by atoms with Crippen LogP contribution in [0.15, 0.2) is 36.4 Å². The molecule has 0 aliphatic carbocycles. The molecule has 1 amide bonds. The van der Waals surface area contributed by atoms with Gasteiger partial charge in [0, 0.05) is 19.3 Å². The Labute approximate surface area is 331 Å². The summed E-state index contributed by atoms with van der Waals surface area (Å²) in [5, 5.41) is 14.9. The van der Waals surface area contributed by atoms with E-state index in [1.807, 2.05) is 0 Å². The summed E-state index contributed by atoms with van der Waals surface area (Å²) in [4.78, 5) is 53.9. The van der Waals surface area contributed by atoms with E-state index in [4.69, 9.17) is 18.9 Å². The van der Waals surface area contributed by atoms with Crippen molar-refractivity contribution in [2.75, 3.05) is 6.61 Å². The van der Waals surface area contributed by atoms with E-state index in [9.17, 15) is 24.3 Å². The summed E-state index contributed by atoms with van der Waals surface area (Å²) < 4.78 is 22.9. The highest BCUT2D eigenvalue weighted by atomic mass is 16.7. The molecule has 2 N–H and O–H groups in total. The number of benzene rings is 1. The van der Waals surface area contributed by atoms with Crippen LogP contribution in [-0.2, 0) is 39.8 Å². The fourth-order valence-corrected chi connectivity index (χ4v) is 5.64. The molecule has 10 heteroatoms. The number of allylic oxidation sites excluding steroid dienone is 1. The second-order valence-electron chi connectivity index (χ2n) is 17.1. The van der Waals surface area contributed by atoms with E-state index in [1.54, 1.807) is 99.6 Å². The lowest BCUT2D eigenvalue weighted by molar-refractivity contribution is -0.276. The van der Waals surface area contributed by atoms with Crippen LogP contribution in [0.25, 0.3) is 0 Å². The summed E-state index contributed by atoms with van der Waals surface area (Å²) in [5.41, 5.74) is -2.24. The van der Waals surface area contributed by atoms with Crippen molar-refractivity contribution in [2.24, 2.45) is 5.92 Å². The molecule has 0 spiro atoms. The van der Waals surface area contributed by atoms with Gasteiger partial charge in [0.15, 0.2) is 0 Å². The maximum atomic E-state index is 14.3. The van der Waals surface area contributed by atoms with Crippen LogP contribution in [0, 0.1) is 17.8 Å². The lowest BCUT2D eigenvalue weighted by Gasteiger charge is -2.38. The molecule has 1 aromatic rings. The molecule has 0 aromatic heterocycles. The van der Waals surface area contributed by atoms with Gasteiger partial charge in [0.1, 0.15) is 41.3 Å². The zero-order chi connectivity index (χ0) is 41.7. The average molecular weight is 770 g/mol. The molecule has 0 radical (unpaired) electrons. The third-order valence-electron chi connectivity index (χ3n) is 8.18. The minimum absolute atomic E-state index is 0.0541. The molecule has 0 saturated carbocycles. The highest BCUT2D eigenvalue weighted by Gasteiger charge is 2.53. The van der Waals surface area contributed by atoms with E-state index in [2.05, 4.69) is 24.1 Å². The van der Waals surface area contributed by atoms with Gasteiger partial charge in [-0.3, -0.25) is 9.59 Å². The molecule has 0 saturated heterocycles. The Kier molecular flexibility index (Phi) is 21.6. The highest BCUT2D eigenvalue weighted by Crippen LogP contribution is 2.31. The van der Waals surface area contributed by atoms with E-state index in [0.717, 1.165) is 38.5 Å². The van der Waals surface area contributed by atoms with Crippen LogP contribution in [0.3, 0.4) is 0 Å². The molecule has 0 aliphatic rings. The summed E-state index contributed by atoms with van der Waals surface area (Å²) in [7, 11) is 0. The van der Waals surface area contributed by atoms with Crippen LogP contribution >= 0.6 is 0 Å². The van der Waals surface area contributed by atoms with Gasteiger partial charge in [-0.25, -0.2) is 9.59 Å². The molecule has 0 bridgehead atoms. The molecular formula is C45H71NO9. The predicted octanol–water partition coefficient (Wildman–Crippen LogP) is 8.75. The van der Waals surface area contributed by atoms with Crippen molar-refractivity contribution in [1.29, 1.82) is 0 Å². The first-order valence-electron chi connectivity index (χ1n) is 20.1. The van der Waals surface area contributed by atoms with Gasteiger partial charge in [0.25, 0.3) is 5.79 Å². The van der Waals surface area contributed by atoms with Crippen molar-refractivity contribution in [1.82, 2.24) is 5.32 Å². The summed E-state index contributed by atoms with van der Waals surface area (Å²) in [6.45, 7) is 19.3. The third-order valence-corrected chi connectivity index (χ3v) is 8.18. The molecule has 3 atom stereocenters. The van der Waals surface area contributed by atoms with E-state index in [-0.39, 0.29) is 13.0 Å². The van der Waals surface area contributed by atoms with Gasteiger partial charge < -0.3 is 29.4 Å². The van der Waals surface area contributed by atoms with Gasteiger partial charge in [-0.1, -0.05) is 75.7 Å². The minimum Gasteiger partial charge on any atom is -0.481 e. The summed E-state index contributed by atoms with van der Waals surface area (Å²) in [6, 6.07) is 5.87. The Morgan fingerprint density at radius 3 is 1.87 bits per heavy atom. The molecule has 0 heterocycles. The maximum Gasteiger partial charge on any atom is 0.368 e. The standard InChI is InChI=1S/C45H71NO9/c1-12-14-16-19-22-25-35(47)26-23-20-17-18-21-24-27-37(45(51,55-44(9,10)11)41(50)54-43(6,7)8)39(48)46-38(40(49)53-42(3,4)5)33-34-28-30-36(31-29-34)52-32-15-13-2/h24,27-31,37-38,51H,12,14,16-23,25-26,32-33H2,1-11H3,(H,46,48)/b27-24+/t37-,38+,45-/m1/s1. The van der Waals surface area contributed by atoms with Gasteiger partial charge in [-0.15, -0.1) is 5.92 Å². The molecule has 55 heavy (non-hydrogen) atoms. The summed E-state index contributed by atoms with van der Waals surface area (Å²) in [6.07, 6.45) is 14.0. The lowest BCUT2D eigenvalue weighted by atomic mass is 9.93. The number of rotatable bonds is 24. The topological polar surface area (TPSA) is 137 Å². The Hall–Kier alpha value is -3.68. The number of ether oxygens (including phenoxy) is 4. The number of carbonyl (C=O) groups is 4. The quantitative estimate of drug-likeness (QED) is 0.0348. The number of hydrogen-bond donors (Lipinski definition) is 2. The minimum atomic E-state index is -2.75. The van der Waals surface area contributed by atoms with Crippen LogP contribution in [0.2, 0.25) is 0 Å². The Morgan fingerprint density at radius 1 is 0.782 bits per heavy atom. The first-order valence-corrected chi connectivity index (χ1v) is 20.1. The first kappa shape index (κ1) is 49.3. The van der Waals surface area contributed by atoms with Crippen molar-refractivity contribution in [3.05, 3.63) is 42.0 Å². The fraction of sp³-hybridized carbons (Fsp3) is 0.689. The summed E-state index contributed by atoms with van der Waals surface area (Å²) >= 11 is 0. The number of Topliss-reactive ketones (excluding diaryl/α,β-unsaturated/α-hetero) is 1. The first-order chi connectivity index (χ1) is 25.6. The van der Waals surface area contributed by atoms with Crippen molar-refractivity contribution in [3.63, 3.8) is 0 Å². The van der Waals surface area contributed by atoms with Gasteiger partial charge in [0.05, 0.1) is 5.60 Å². The van der Waals surface area contributed by atoms with Crippen LogP contribution in [0.5, 0.6) is 5.75 Å². The Bertz CT molecular complexity index is 1420. The summed E-state index contributed by atoms with van der Waals surface area (Å²) in [5.74, 6) is -0.460. The van der Waals surface area contributed by atoms with E-state index in [0.29, 0.717) is 36.4 Å². The zero-order valence-electron chi connectivity index (χ0n) is 35.7. The van der Waals surface area contributed by atoms with Crippen molar-refractivity contribution in [2.45, 2.75) is 188 Å². The smallest absolute Gasteiger partial charge is 0.368 e. The third kappa shape index (κ3) is 21.9. The Balaban J connectivity index is 3.30. The van der Waals surface area contributed by atoms with Crippen LogP contribution in [0.4, 0.5) is 0 Å². The van der Waals surface area contributed by atoms with Crippen molar-refractivity contribution >= 4 is 23.6 Å². The van der Waals surface area contributed by atoms with E-state index in [1.165, 1.54) is 25.3 Å². The molecule has 310 valence electrons. The van der Waals surface area contributed by atoms with Gasteiger partial charge >= 0.3 is 11.9 Å². The van der Waals surface area contributed by atoms with Gasteiger partial charge in [0.2, 0.25) is 5.91 Å². The zero-order valence-corrected chi connectivity index (χ0v) is 35.7. The van der Waals surface area contributed by atoms with Crippen LogP contribution in [0.1, 0.15) is 159 Å². The predicted molar refractivity (Wildman–Crippen MR) is 217 cm³/mol. The van der Waals surface area contributed by atoms with Crippen LogP contribution in [-0.4, -0.2) is 64.0 Å². The second-order valence-corrected chi connectivity index (χ2v) is 17.1. The number of hydrogen-bond acceptors (Lipinski definition) is 9. The average Bonchev–Trinajstić information content (AvgIpc) is 3.05. The number of ketones is 1. The van der Waals surface area contributed by atoms with Gasteiger partial charge in [-0.05, 0) is 113 Å². The molecule has 1 rings (SSSR count). The second kappa shape index (κ2) is 24.1. The molecule has 0 aliphatic heterocycles. The normalized spacial score (nSPS) is 14.3. The number of amides is 1. The van der Waals surface area contributed by atoms with Gasteiger partial charge in [-0.2, -0.15) is 0 Å². The van der Waals surface area contributed by atoms with E-state index < -0.39 is 52.4 Å². The highest BCUT2D eigenvalue weighted by molar-refractivity contribution is 5.92. The molecule has 10 nitrogen and oxygen atoms in total. The monoisotopic (exact) mass is 770 g/mol.